The van der Waals surface area contributed by atoms with Crippen LogP contribution in [0.15, 0.2) is 12.1 Å². The SMILES string of the molecule is CCCCCC1CCC(CC2CCC(C(F)(F)Oc3cc(F)c(F)c(F)c3)CC2)CC1. The van der Waals surface area contributed by atoms with Gasteiger partial charge >= 0.3 is 6.11 Å². The molecule has 2 aliphatic rings. The van der Waals surface area contributed by atoms with Gasteiger partial charge in [-0.1, -0.05) is 58.3 Å². The minimum Gasteiger partial charge on any atom is -0.432 e. The van der Waals surface area contributed by atoms with Crippen molar-refractivity contribution in [3.8, 4) is 5.75 Å². The van der Waals surface area contributed by atoms with Crippen LogP contribution in [-0.2, 0) is 0 Å². The van der Waals surface area contributed by atoms with Gasteiger partial charge in [-0.15, -0.1) is 0 Å². The van der Waals surface area contributed by atoms with E-state index in [-0.39, 0.29) is 0 Å². The molecule has 0 spiro atoms. The van der Waals surface area contributed by atoms with Gasteiger partial charge in [-0.05, 0) is 49.9 Å². The lowest BCUT2D eigenvalue weighted by Gasteiger charge is -2.36. The van der Waals surface area contributed by atoms with Crippen LogP contribution in [0.2, 0.25) is 0 Å². The molecule has 0 radical (unpaired) electrons. The van der Waals surface area contributed by atoms with Crippen molar-refractivity contribution in [3.63, 3.8) is 0 Å². The predicted molar refractivity (Wildman–Crippen MR) is 112 cm³/mol. The molecule has 0 aliphatic heterocycles. The third kappa shape index (κ3) is 6.82. The summed E-state index contributed by atoms with van der Waals surface area (Å²) in [5.74, 6) is -4.38. The molecule has 1 nitrogen and oxygen atoms in total. The second-order valence-corrected chi connectivity index (χ2v) is 9.70. The molecule has 1 aromatic carbocycles. The molecule has 31 heavy (non-hydrogen) atoms. The van der Waals surface area contributed by atoms with Gasteiger partial charge < -0.3 is 4.74 Å². The largest absolute Gasteiger partial charge is 0.432 e. The zero-order chi connectivity index (χ0) is 22.4. The van der Waals surface area contributed by atoms with Gasteiger partial charge in [-0.3, -0.25) is 0 Å². The van der Waals surface area contributed by atoms with E-state index in [1.54, 1.807) is 0 Å². The summed E-state index contributed by atoms with van der Waals surface area (Å²) < 4.78 is 73.3. The van der Waals surface area contributed by atoms with Crippen molar-refractivity contribution in [1.29, 1.82) is 0 Å². The number of halogens is 5. The highest BCUT2D eigenvalue weighted by Crippen LogP contribution is 2.44. The Labute approximate surface area is 182 Å². The fraction of sp³-hybridized carbons (Fsp3) is 0.760. The molecule has 0 amide bonds. The topological polar surface area (TPSA) is 9.23 Å². The Balaban J connectivity index is 1.42. The molecule has 1 aromatic rings. The lowest BCUT2D eigenvalue weighted by Crippen LogP contribution is -2.37. The third-order valence-electron chi connectivity index (χ3n) is 7.38. The van der Waals surface area contributed by atoms with Crippen LogP contribution in [0.4, 0.5) is 22.0 Å². The molecule has 0 heterocycles. The first-order valence-electron chi connectivity index (χ1n) is 12.0. The summed E-state index contributed by atoms with van der Waals surface area (Å²) in [7, 11) is 0. The van der Waals surface area contributed by atoms with Gasteiger partial charge in [0.1, 0.15) is 5.75 Å². The van der Waals surface area contributed by atoms with Gasteiger partial charge in [0.2, 0.25) is 0 Å². The molecule has 3 rings (SSSR count). The maximum absolute atomic E-state index is 14.6. The molecular weight excluding hydrogens is 411 g/mol. The van der Waals surface area contributed by atoms with E-state index in [1.165, 1.54) is 51.4 Å². The maximum Gasteiger partial charge on any atom is 0.400 e. The monoisotopic (exact) mass is 446 g/mol. The highest BCUT2D eigenvalue weighted by atomic mass is 19.3. The number of rotatable bonds is 9. The van der Waals surface area contributed by atoms with Crippen molar-refractivity contribution in [1.82, 2.24) is 0 Å². The quantitative estimate of drug-likeness (QED) is 0.209. The number of hydrogen-bond donors (Lipinski definition) is 0. The molecule has 0 atom stereocenters. The second kappa shape index (κ2) is 11.0. The molecule has 0 saturated heterocycles. The van der Waals surface area contributed by atoms with E-state index in [9.17, 15) is 22.0 Å². The van der Waals surface area contributed by atoms with Gasteiger partial charge in [-0.25, -0.2) is 13.2 Å². The summed E-state index contributed by atoms with van der Waals surface area (Å²) in [4.78, 5) is 0. The normalized spacial score (nSPS) is 27.3. The number of ether oxygens (including phenoxy) is 1. The van der Waals surface area contributed by atoms with E-state index >= 15 is 0 Å². The van der Waals surface area contributed by atoms with Gasteiger partial charge in [-0.2, -0.15) is 8.78 Å². The zero-order valence-corrected chi connectivity index (χ0v) is 18.5. The molecule has 0 aromatic heterocycles. The van der Waals surface area contributed by atoms with Crippen molar-refractivity contribution in [2.24, 2.45) is 23.7 Å². The third-order valence-corrected chi connectivity index (χ3v) is 7.38. The first kappa shape index (κ1) is 24.3. The molecular formula is C25H35F5O. The Morgan fingerprint density at radius 2 is 1.32 bits per heavy atom. The number of benzene rings is 1. The molecule has 0 bridgehead atoms. The van der Waals surface area contributed by atoms with Crippen LogP contribution < -0.4 is 4.74 Å². The molecule has 0 N–H and O–H groups in total. The Bertz CT molecular complexity index is 668. The Morgan fingerprint density at radius 3 is 1.87 bits per heavy atom. The number of unbranched alkanes of at least 4 members (excludes halogenated alkanes) is 2. The number of alkyl halides is 2. The lowest BCUT2D eigenvalue weighted by molar-refractivity contribution is -0.223. The smallest absolute Gasteiger partial charge is 0.400 e. The molecule has 176 valence electrons. The van der Waals surface area contributed by atoms with E-state index in [1.807, 2.05) is 0 Å². The highest BCUT2D eigenvalue weighted by Gasteiger charge is 2.44. The van der Waals surface area contributed by atoms with E-state index < -0.39 is 35.2 Å². The average Bonchev–Trinajstić information content (AvgIpc) is 2.73. The molecule has 2 saturated carbocycles. The fourth-order valence-electron chi connectivity index (χ4n) is 5.48. The van der Waals surface area contributed by atoms with Crippen LogP contribution in [0.5, 0.6) is 5.75 Å². The van der Waals surface area contributed by atoms with E-state index in [2.05, 4.69) is 11.7 Å². The van der Waals surface area contributed by atoms with Gasteiger partial charge in [0, 0.05) is 12.1 Å². The van der Waals surface area contributed by atoms with E-state index in [0.717, 1.165) is 25.2 Å². The van der Waals surface area contributed by atoms with E-state index in [4.69, 9.17) is 0 Å². The fourth-order valence-corrected chi connectivity index (χ4v) is 5.48. The molecule has 6 heteroatoms. The van der Waals surface area contributed by atoms with Crippen molar-refractivity contribution >= 4 is 0 Å². The first-order chi connectivity index (χ1) is 14.8. The van der Waals surface area contributed by atoms with E-state index in [0.29, 0.717) is 36.8 Å². The Kier molecular flexibility index (Phi) is 8.63. The van der Waals surface area contributed by atoms with Crippen molar-refractivity contribution in [2.75, 3.05) is 0 Å². The van der Waals surface area contributed by atoms with Crippen molar-refractivity contribution < 1.29 is 26.7 Å². The lowest BCUT2D eigenvalue weighted by atomic mass is 9.72. The van der Waals surface area contributed by atoms with Crippen molar-refractivity contribution in [3.05, 3.63) is 29.6 Å². The zero-order valence-electron chi connectivity index (χ0n) is 18.5. The summed E-state index contributed by atoms with van der Waals surface area (Å²) >= 11 is 0. The maximum atomic E-state index is 14.6. The average molecular weight is 447 g/mol. The standard InChI is InChI=1S/C25H35F5O/c1-2-3-4-5-17-6-8-18(9-7-17)14-19-10-12-20(13-11-19)25(29,30)31-21-15-22(26)24(28)23(27)16-21/h15-20H,2-14H2,1H3. The summed E-state index contributed by atoms with van der Waals surface area (Å²) in [5.41, 5.74) is 0. The minimum absolute atomic E-state index is 0.330. The molecule has 0 unspecified atom stereocenters. The minimum atomic E-state index is -3.53. The Hall–Kier alpha value is -1.33. The van der Waals surface area contributed by atoms with Crippen LogP contribution >= 0.6 is 0 Å². The molecule has 2 aliphatic carbocycles. The summed E-state index contributed by atoms with van der Waals surface area (Å²) in [6.07, 6.45) is 10.1. The van der Waals surface area contributed by atoms with Crippen LogP contribution in [0.1, 0.15) is 90.4 Å². The summed E-state index contributed by atoms with van der Waals surface area (Å²) in [6, 6.07) is 0.938. The van der Waals surface area contributed by atoms with Gasteiger partial charge in [0.15, 0.2) is 17.5 Å². The van der Waals surface area contributed by atoms with Crippen LogP contribution in [0.3, 0.4) is 0 Å². The van der Waals surface area contributed by atoms with Crippen LogP contribution in [-0.4, -0.2) is 6.11 Å². The molecule has 2 fully saturated rings. The Morgan fingerprint density at radius 1 is 0.806 bits per heavy atom. The van der Waals surface area contributed by atoms with Crippen LogP contribution in [0, 0.1) is 41.1 Å². The van der Waals surface area contributed by atoms with Gasteiger partial charge in [0.25, 0.3) is 0 Å². The first-order valence-corrected chi connectivity index (χ1v) is 12.0. The summed E-state index contributed by atoms with van der Waals surface area (Å²) in [5, 5.41) is 0. The second-order valence-electron chi connectivity index (χ2n) is 9.70. The van der Waals surface area contributed by atoms with Crippen LogP contribution in [0.25, 0.3) is 0 Å². The summed E-state index contributed by atoms with van der Waals surface area (Å²) in [6.45, 7) is 2.23. The van der Waals surface area contributed by atoms with Gasteiger partial charge in [0.05, 0.1) is 5.92 Å². The number of hydrogen-bond acceptors (Lipinski definition) is 1. The van der Waals surface area contributed by atoms with Crippen molar-refractivity contribution in [2.45, 2.75) is 96.5 Å². The highest BCUT2D eigenvalue weighted by molar-refractivity contribution is 5.25. The predicted octanol–water partition coefficient (Wildman–Crippen LogP) is 8.66.